The van der Waals surface area contributed by atoms with Crippen LogP contribution in [-0.4, -0.2) is 72.9 Å². The Balaban J connectivity index is 3.74. The largest absolute Gasteiger partial charge is 0.395 e. The fourth-order valence-corrected chi connectivity index (χ4v) is 1.10. The molecule has 0 aliphatic rings. The van der Waals surface area contributed by atoms with Gasteiger partial charge in [0.05, 0.1) is 13.2 Å². The second-order valence-corrected chi connectivity index (χ2v) is 3.33. The molecule has 0 aliphatic carbocycles. The number of hydrogen-bond acceptors (Lipinski definition) is 4. The van der Waals surface area contributed by atoms with E-state index in [0.717, 1.165) is 0 Å². The molecule has 1 amide bonds. The number of carbonyl (C=O) groups excluding carboxylic acids is 1. The summed E-state index contributed by atoms with van der Waals surface area (Å²) in [5, 5.41) is 17.4. The van der Waals surface area contributed by atoms with E-state index in [0.29, 0.717) is 26.1 Å². The molecule has 5 heteroatoms. The standard InChI is InChI=1S/C9H20N2O3/c1-10(2)9(14)3-4-11(5-7-12)6-8-13/h12-13H,3-8H2,1-2H3. The number of hydrogen-bond donors (Lipinski definition) is 2. The fraction of sp³-hybridized carbons (Fsp3) is 0.889. The minimum Gasteiger partial charge on any atom is -0.395 e. The molecule has 0 aromatic heterocycles. The SMILES string of the molecule is CN(C)C(=O)CCN(CCO)CCO. The molecule has 0 saturated heterocycles. The Labute approximate surface area is 84.9 Å². The Morgan fingerprint density at radius 1 is 1.07 bits per heavy atom. The maximum absolute atomic E-state index is 11.2. The quantitative estimate of drug-likeness (QED) is 0.544. The monoisotopic (exact) mass is 204 g/mol. The smallest absolute Gasteiger partial charge is 0.223 e. The van der Waals surface area contributed by atoms with Crippen molar-refractivity contribution in [3.05, 3.63) is 0 Å². The second-order valence-electron chi connectivity index (χ2n) is 3.33. The average Bonchev–Trinajstić information content (AvgIpc) is 2.14. The summed E-state index contributed by atoms with van der Waals surface area (Å²) in [6.07, 6.45) is 0.424. The summed E-state index contributed by atoms with van der Waals surface area (Å²) in [6.45, 7) is 1.69. The summed E-state index contributed by atoms with van der Waals surface area (Å²) in [6, 6.07) is 0. The number of aliphatic hydroxyl groups excluding tert-OH is 2. The van der Waals surface area contributed by atoms with Gasteiger partial charge in [-0.2, -0.15) is 0 Å². The van der Waals surface area contributed by atoms with E-state index in [9.17, 15) is 4.79 Å². The van der Waals surface area contributed by atoms with Gasteiger partial charge >= 0.3 is 0 Å². The lowest BCUT2D eigenvalue weighted by Gasteiger charge is -2.20. The molecule has 0 radical (unpaired) electrons. The third-order valence-electron chi connectivity index (χ3n) is 1.97. The van der Waals surface area contributed by atoms with Crippen molar-refractivity contribution in [2.75, 3.05) is 46.9 Å². The molecule has 84 valence electrons. The average molecular weight is 204 g/mol. The van der Waals surface area contributed by atoms with Crippen molar-refractivity contribution in [3.63, 3.8) is 0 Å². The summed E-state index contributed by atoms with van der Waals surface area (Å²) >= 11 is 0. The first-order valence-electron chi connectivity index (χ1n) is 4.76. The van der Waals surface area contributed by atoms with Gasteiger partial charge in [-0.1, -0.05) is 0 Å². The lowest BCUT2D eigenvalue weighted by molar-refractivity contribution is -0.129. The van der Waals surface area contributed by atoms with Crippen molar-refractivity contribution in [2.45, 2.75) is 6.42 Å². The molecule has 0 fully saturated rings. The molecule has 0 aromatic rings. The van der Waals surface area contributed by atoms with Crippen LogP contribution in [0, 0.1) is 0 Å². The van der Waals surface area contributed by atoms with E-state index in [-0.39, 0.29) is 19.1 Å². The maximum Gasteiger partial charge on any atom is 0.223 e. The normalized spacial score (nSPS) is 10.6. The van der Waals surface area contributed by atoms with Crippen molar-refractivity contribution in [3.8, 4) is 0 Å². The van der Waals surface area contributed by atoms with Crippen molar-refractivity contribution < 1.29 is 15.0 Å². The van der Waals surface area contributed by atoms with Crippen LogP contribution in [0.4, 0.5) is 0 Å². The van der Waals surface area contributed by atoms with E-state index in [1.165, 1.54) is 4.90 Å². The fourth-order valence-electron chi connectivity index (χ4n) is 1.10. The van der Waals surface area contributed by atoms with Crippen LogP contribution in [-0.2, 0) is 4.79 Å². The summed E-state index contributed by atoms with van der Waals surface area (Å²) in [4.78, 5) is 14.6. The number of aliphatic hydroxyl groups is 2. The Morgan fingerprint density at radius 3 is 1.93 bits per heavy atom. The molecule has 0 rings (SSSR count). The van der Waals surface area contributed by atoms with Crippen molar-refractivity contribution in [1.29, 1.82) is 0 Å². The van der Waals surface area contributed by atoms with Crippen LogP contribution in [0.1, 0.15) is 6.42 Å². The van der Waals surface area contributed by atoms with Gasteiger partial charge in [0, 0.05) is 40.2 Å². The summed E-state index contributed by atoms with van der Waals surface area (Å²) in [5.41, 5.74) is 0. The van der Waals surface area contributed by atoms with Gasteiger partial charge in [0.1, 0.15) is 0 Å². The Morgan fingerprint density at radius 2 is 1.57 bits per heavy atom. The van der Waals surface area contributed by atoms with Crippen molar-refractivity contribution in [2.24, 2.45) is 0 Å². The van der Waals surface area contributed by atoms with Crippen LogP contribution in [0.2, 0.25) is 0 Å². The van der Waals surface area contributed by atoms with Gasteiger partial charge in [-0.3, -0.25) is 9.69 Å². The predicted octanol–water partition coefficient (Wildman–Crippen LogP) is -1.25. The van der Waals surface area contributed by atoms with E-state index < -0.39 is 0 Å². The molecule has 0 saturated carbocycles. The lowest BCUT2D eigenvalue weighted by Crippen LogP contribution is -2.34. The third kappa shape index (κ3) is 5.90. The number of amides is 1. The highest BCUT2D eigenvalue weighted by Crippen LogP contribution is 1.93. The highest BCUT2D eigenvalue weighted by atomic mass is 16.3. The molecule has 0 spiro atoms. The second kappa shape index (κ2) is 7.73. The molecule has 0 aromatic carbocycles. The van der Waals surface area contributed by atoms with Crippen LogP contribution < -0.4 is 0 Å². The highest BCUT2D eigenvalue weighted by molar-refractivity contribution is 5.75. The molecule has 0 atom stereocenters. The van der Waals surface area contributed by atoms with Crippen molar-refractivity contribution in [1.82, 2.24) is 9.80 Å². The van der Waals surface area contributed by atoms with Gasteiger partial charge < -0.3 is 15.1 Å². The van der Waals surface area contributed by atoms with Crippen LogP contribution in [0.3, 0.4) is 0 Å². The number of carbonyl (C=O) groups is 1. The third-order valence-corrected chi connectivity index (χ3v) is 1.97. The summed E-state index contributed by atoms with van der Waals surface area (Å²) in [5.74, 6) is 0.0610. The first-order chi connectivity index (χ1) is 6.61. The van der Waals surface area contributed by atoms with E-state index in [1.807, 2.05) is 4.90 Å². The van der Waals surface area contributed by atoms with E-state index in [1.54, 1.807) is 14.1 Å². The van der Waals surface area contributed by atoms with E-state index in [4.69, 9.17) is 10.2 Å². The zero-order chi connectivity index (χ0) is 11.0. The minimum absolute atomic E-state index is 0.0517. The van der Waals surface area contributed by atoms with Gasteiger partial charge in [0.25, 0.3) is 0 Å². The van der Waals surface area contributed by atoms with Gasteiger partial charge in [-0.15, -0.1) is 0 Å². The number of nitrogens with zero attached hydrogens (tertiary/aromatic N) is 2. The molecule has 14 heavy (non-hydrogen) atoms. The first kappa shape index (κ1) is 13.4. The van der Waals surface area contributed by atoms with Gasteiger partial charge in [0.15, 0.2) is 0 Å². The first-order valence-corrected chi connectivity index (χ1v) is 4.76. The molecule has 2 N–H and O–H groups in total. The van der Waals surface area contributed by atoms with E-state index >= 15 is 0 Å². The molecular weight excluding hydrogens is 184 g/mol. The molecule has 5 nitrogen and oxygen atoms in total. The van der Waals surface area contributed by atoms with Crippen LogP contribution in [0.25, 0.3) is 0 Å². The summed E-state index contributed by atoms with van der Waals surface area (Å²) in [7, 11) is 3.43. The minimum atomic E-state index is 0.0517. The highest BCUT2D eigenvalue weighted by Gasteiger charge is 2.08. The zero-order valence-corrected chi connectivity index (χ0v) is 8.94. The summed E-state index contributed by atoms with van der Waals surface area (Å²) < 4.78 is 0. The maximum atomic E-state index is 11.2. The van der Waals surface area contributed by atoms with Crippen LogP contribution in [0.5, 0.6) is 0 Å². The van der Waals surface area contributed by atoms with Crippen molar-refractivity contribution >= 4 is 5.91 Å². The molecule has 0 unspecified atom stereocenters. The van der Waals surface area contributed by atoms with Gasteiger partial charge in [-0.05, 0) is 0 Å². The molecule has 0 aliphatic heterocycles. The van der Waals surface area contributed by atoms with Gasteiger partial charge in [0.2, 0.25) is 5.91 Å². The Bertz CT molecular complexity index is 156. The van der Waals surface area contributed by atoms with E-state index in [2.05, 4.69) is 0 Å². The molecular formula is C9H20N2O3. The molecule has 0 heterocycles. The van der Waals surface area contributed by atoms with Gasteiger partial charge in [-0.25, -0.2) is 0 Å². The Kier molecular flexibility index (Phi) is 7.37. The zero-order valence-electron chi connectivity index (χ0n) is 8.94. The van der Waals surface area contributed by atoms with Crippen LogP contribution >= 0.6 is 0 Å². The predicted molar refractivity (Wildman–Crippen MR) is 53.9 cm³/mol. The lowest BCUT2D eigenvalue weighted by atomic mass is 10.3. The van der Waals surface area contributed by atoms with Crippen LogP contribution in [0.15, 0.2) is 0 Å². The number of rotatable bonds is 7. The molecule has 0 bridgehead atoms. The Hall–Kier alpha value is -0.650. The topological polar surface area (TPSA) is 64.0 Å².